The highest BCUT2D eigenvalue weighted by molar-refractivity contribution is 5.87. The number of hydrogen-bond donors (Lipinski definition) is 1. The molecule has 1 fully saturated rings. The summed E-state index contributed by atoms with van der Waals surface area (Å²) in [5.74, 6) is -0.363. The number of aromatic nitrogens is 2. The van der Waals surface area contributed by atoms with Crippen LogP contribution in [0.5, 0.6) is 0 Å². The van der Waals surface area contributed by atoms with Gasteiger partial charge in [0.2, 0.25) is 0 Å². The monoisotopic (exact) mass is 478 g/mol. The number of nitrogens with zero attached hydrogens (tertiary/aromatic N) is 3. The number of halogens is 1. The summed E-state index contributed by atoms with van der Waals surface area (Å²) in [6.07, 6.45) is 0.418. The molecule has 1 N–H and O–H groups in total. The number of rotatable bonds is 7. The average Bonchev–Trinajstić information content (AvgIpc) is 3.22. The zero-order valence-electron chi connectivity index (χ0n) is 19.9. The Morgan fingerprint density at radius 2 is 1.91 bits per heavy atom. The van der Waals surface area contributed by atoms with Gasteiger partial charge in [0.05, 0.1) is 12.3 Å². The van der Waals surface area contributed by atoms with E-state index in [0.717, 1.165) is 17.7 Å². The third-order valence-electron chi connectivity index (χ3n) is 5.44. The van der Waals surface area contributed by atoms with Gasteiger partial charge < -0.3 is 19.7 Å². The fourth-order valence-electron chi connectivity index (χ4n) is 3.60. The maximum atomic E-state index is 12.5. The summed E-state index contributed by atoms with van der Waals surface area (Å²) in [6, 6.07) is 11.6. The van der Waals surface area contributed by atoms with Gasteiger partial charge in [-0.2, -0.15) is 5.10 Å². The fourth-order valence-corrected chi connectivity index (χ4v) is 3.60. The molecule has 2 heterocycles. The van der Waals surface area contributed by atoms with Crippen LogP contribution in [0.4, 0.5) is 4.79 Å². The summed E-state index contributed by atoms with van der Waals surface area (Å²) in [4.78, 5) is 26.7. The van der Waals surface area contributed by atoms with Gasteiger partial charge in [0.15, 0.2) is 0 Å². The van der Waals surface area contributed by atoms with E-state index in [9.17, 15) is 9.59 Å². The molecule has 33 heavy (non-hydrogen) atoms. The highest BCUT2D eigenvalue weighted by Crippen LogP contribution is 2.22. The van der Waals surface area contributed by atoms with Gasteiger partial charge in [-0.3, -0.25) is 4.68 Å². The predicted molar refractivity (Wildman–Crippen MR) is 129 cm³/mol. The van der Waals surface area contributed by atoms with E-state index >= 15 is 0 Å². The first-order chi connectivity index (χ1) is 15.3. The number of hydrogen-bond acceptors (Lipinski definition) is 6. The van der Waals surface area contributed by atoms with E-state index in [-0.39, 0.29) is 42.5 Å². The van der Waals surface area contributed by atoms with Crippen LogP contribution in [-0.2, 0) is 28.0 Å². The lowest BCUT2D eigenvalue weighted by Gasteiger charge is -2.33. The zero-order valence-corrected chi connectivity index (χ0v) is 20.7. The largest absolute Gasteiger partial charge is 0.461 e. The van der Waals surface area contributed by atoms with Crippen molar-refractivity contribution in [1.29, 1.82) is 0 Å². The van der Waals surface area contributed by atoms with Crippen LogP contribution >= 0.6 is 12.4 Å². The Morgan fingerprint density at radius 1 is 1.18 bits per heavy atom. The Kier molecular flexibility index (Phi) is 9.73. The third kappa shape index (κ3) is 7.47. The molecular formula is C24H35ClN4O4. The maximum Gasteiger partial charge on any atom is 0.410 e. The quantitative estimate of drug-likeness (QED) is 0.609. The second kappa shape index (κ2) is 12.0. The molecule has 1 amide bonds. The van der Waals surface area contributed by atoms with Crippen molar-refractivity contribution in [1.82, 2.24) is 20.0 Å². The Morgan fingerprint density at radius 3 is 2.58 bits per heavy atom. The Labute approximate surface area is 202 Å². The van der Waals surface area contributed by atoms with Gasteiger partial charge in [-0.25, -0.2) is 9.59 Å². The molecule has 1 aromatic carbocycles. The summed E-state index contributed by atoms with van der Waals surface area (Å²) in [5, 5.41) is 8.12. The van der Waals surface area contributed by atoms with E-state index in [0.29, 0.717) is 38.5 Å². The van der Waals surface area contributed by atoms with Crippen LogP contribution in [0, 0.1) is 0 Å². The van der Waals surface area contributed by atoms with Crippen LogP contribution in [0.15, 0.2) is 36.4 Å². The molecule has 0 bridgehead atoms. The number of carbonyl (C=O) groups is 2. The van der Waals surface area contributed by atoms with E-state index in [1.165, 1.54) is 0 Å². The van der Waals surface area contributed by atoms with Crippen LogP contribution in [0.3, 0.4) is 0 Å². The predicted octanol–water partition coefficient (Wildman–Crippen LogP) is 3.78. The molecule has 182 valence electrons. The highest BCUT2D eigenvalue weighted by atomic mass is 35.5. The molecule has 1 saturated heterocycles. The van der Waals surface area contributed by atoms with E-state index in [1.807, 2.05) is 36.4 Å². The van der Waals surface area contributed by atoms with E-state index < -0.39 is 0 Å². The lowest BCUT2D eigenvalue weighted by molar-refractivity contribution is 0.0511. The molecule has 3 rings (SSSR count). The lowest BCUT2D eigenvalue weighted by atomic mass is 9.92. The van der Waals surface area contributed by atoms with Crippen molar-refractivity contribution in [2.75, 3.05) is 26.2 Å². The molecule has 1 aromatic heterocycles. The summed E-state index contributed by atoms with van der Waals surface area (Å²) >= 11 is 0. The number of aryl methyl sites for hydroxylation is 1. The zero-order chi connectivity index (χ0) is 23.1. The van der Waals surface area contributed by atoms with Gasteiger partial charge >= 0.3 is 12.1 Å². The number of benzene rings is 1. The van der Waals surface area contributed by atoms with Gasteiger partial charge in [-0.15, -0.1) is 12.4 Å². The van der Waals surface area contributed by atoms with Gasteiger partial charge in [0, 0.05) is 37.6 Å². The second-order valence-electron chi connectivity index (χ2n) is 9.03. The molecular weight excluding hydrogens is 444 g/mol. The smallest absolute Gasteiger partial charge is 0.410 e. The summed E-state index contributed by atoms with van der Waals surface area (Å²) in [5.41, 5.74) is 2.11. The first kappa shape index (κ1) is 26.7. The number of esters is 1. The van der Waals surface area contributed by atoms with Gasteiger partial charge in [0.1, 0.15) is 12.3 Å². The molecule has 0 spiro atoms. The molecule has 1 atom stereocenters. The Hall–Kier alpha value is -2.58. The van der Waals surface area contributed by atoms with Crippen molar-refractivity contribution >= 4 is 24.5 Å². The molecule has 1 aliphatic rings. The van der Waals surface area contributed by atoms with Crippen molar-refractivity contribution < 1.29 is 19.1 Å². The van der Waals surface area contributed by atoms with Crippen LogP contribution in [0.25, 0.3) is 0 Å². The minimum Gasteiger partial charge on any atom is -0.461 e. The maximum absolute atomic E-state index is 12.5. The van der Waals surface area contributed by atoms with Gasteiger partial charge in [0.25, 0.3) is 0 Å². The first-order valence-corrected chi connectivity index (χ1v) is 11.2. The van der Waals surface area contributed by atoms with Crippen molar-refractivity contribution in [3.8, 4) is 0 Å². The molecule has 2 aromatic rings. The number of nitrogens with one attached hydrogen (secondary N) is 1. The normalized spacial score (nSPS) is 16.1. The van der Waals surface area contributed by atoms with Crippen molar-refractivity contribution in [2.45, 2.75) is 58.7 Å². The van der Waals surface area contributed by atoms with E-state index in [1.54, 1.807) is 16.5 Å². The van der Waals surface area contributed by atoms with Crippen molar-refractivity contribution in [2.24, 2.45) is 0 Å². The molecule has 8 nitrogen and oxygen atoms in total. The van der Waals surface area contributed by atoms with E-state index in [2.05, 4.69) is 31.2 Å². The standard InChI is InChI=1S/C24H34N4O4.ClH/c1-5-31-22(29)20-15-21(24(2,3)4)26-28(20)13-11-19-16-27(14-12-25-19)23(30)32-17-18-9-7-6-8-10-18;/h6-10,15,19,25H,5,11-14,16-17H2,1-4H3;1H/t19-;/m1./s1. The number of carbonyl (C=O) groups excluding carboxylic acids is 2. The molecule has 9 heteroatoms. The van der Waals surface area contributed by atoms with Crippen LogP contribution < -0.4 is 5.32 Å². The molecule has 1 aliphatic heterocycles. The molecule has 0 saturated carbocycles. The van der Waals surface area contributed by atoms with Crippen molar-refractivity contribution in [3.05, 3.63) is 53.3 Å². The molecule has 0 radical (unpaired) electrons. The second-order valence-corrected chi connectivity index (χ2v) is 9.03. The Bertz CT molecular complexity index is 911. The molecule has 0 unspecified atom stereocenters. The SMILES string of the molecule is CCOC(=O)c1cc(C(C)(C)C)nn1CC[C@@H]1CN(C(=O)OCc2ccccc2)CCN1.Cl. The first-order valence-electron chi connectivity index (χ1n) is 11.2. The van der Waals surface area contributed by atoms with Crippen LogP contribution in [0.1, 0.15) is 55.9 Å². The minimum absolute atomic E-state index is 0. The minimum atomic E-state index is -0.363. The molecule has 0 aliphatic carbocycles. The summed E-state index contributed by atoms with van der Waals surface area (Å²) in [6.45, 7) is 11.0. The topological polar surface area (TPSA) is 85.7 Å². The average molecular weight is 479 g/mol. The lowest BCUT2D eigenvalue weighted by Crippen LogP contribution is -2.53. The van der Waals surface area contributed by atoms with Gasteiger partial charge in [-0.05, 0) is 25.0 Å². The van der Waals surface area contributed by atoms with Gasteiger partial charge in [-0.1, -0.05) is 51.1 Å². The number of ether oxygens (including phenoxy) is 2. The van der Waals surface area contributed by atoms with Crippen LogP contribution in [0.2, 0.25) is 0 Å². The number of amides is 1. The fraction of sp³-hybridized carbons (Fsp3) is 0.542. The third-order valence-corrected chi connectivity index (χ3v) is 5.44. The summed E-state index contributed by atoms with van der Waals surface area (Å²) in [7, 11) is 0. The highest BCUT2D eigenvalue weighted by Gasteiger charge is 2.27. The Balaban J connectivity index is 0.00000385. The summed E-state index contributed by atoms with van der Waals surface area (Å²) < 4.78 is 12.4. The van der Waals surface area contributed by atoms with Crippen molar-refractivity contribution in [3.63, 3.8) is 0 Å². The van der Waals surface area contributed by atoms with E-state index in [4.69, 9.17) is 9.47 Å². The number of piperazine rings is 1. The van der Waals surface area contributed by atoms with Crippen LogP contribution in [-0.4, -0.2) is 59.0 Å².